The van der Waals surface area contributed by atoms with Crippen LogP contribution in [0.15, 0.2) is 12.4 Å². The van der Waals surface area contributed by atoms with E-state index < -0.39 is 0 Å². The van der Waals surface area contributed by atoms with Crippen molar-refractivity contribution in [3.8, 4) is 5.88 Å². The zero-order valence-electron chi connectivity index (χ0n) is 9.20. The monoisotopic (exact) mass is 273 g/mol. The van der Waals surface area contributed by atoms with Gasteiger partial charge in [0.25, 0.3) is 0 Å². The summed E-state index contributed by atoms with van der Waals surface area (Å²) >= 11 is 3.52. The minimum atomic E-state index is 0.348. The maximum absolute atomic E-state index is 4.99. The molecule has 0 aromatic carbocycles. The van der Waals surface area contributed by atoms with Gasteiger partial charge < -0.3 is 10.1 Å². The Morgan fingerprint density at radius 2 is 2.20 bits per heavy atom. The summed E-state index contributed by atoms with van der Waals surface area (Å²) in [6.07, 6.45) is 4.31. The molecule has 4 nitrogen and oxygen atoms in total. The lowest BCUT2D eigenvalue weighted by Gasteiger charge is -2.15. The van der Waals surface area contributed by atoms with Crippen molar-refractivity contribution >= 4 is 21.7 Å². The van der Waals surface area contributed by atoms with Crippen LogP contribution in [0.2, 0.25) is 0 Å². The maximum atomic E-state index is 4.99. The van der Waals surface area contributed by atoms with Crippen LogP contribution in [0.5, 0.6) is 5.88 Å². The van der Waals surface area contributed by atoms with Crippen molar-refractivity contribution in [2.45, 2.75) is 31.1 Å². The van der Waals surface area contributed by atoms with Gasteiger partial charge in [-0.05, 0) is 13.3 Å². The van der Waals surface area contributed by atoms with Crippen LogP contribution in [0.25, 0.3) is 0 Å². The predicted octanol–water partition coefficient (Wildman–Crippen LogP) is 2.46. The van der Waals surface area contributed by atoms with E-state index in [4.69, 9.17) is 4.74 Å². The lowest BCUT2D eigenvalue weighted by atomic mass is 10.2. The van der Waals surface area contributed by atoms with E-state index in [-0.39, 0.29) is 0 Å². The van der Waals surface area contributed by atoms with Crippen LogP contribution in [0, 0.1) is 0 Å². The standard InChI is InChI=1S/C10H16BrN3O/c1-7(11)4-8(2)13-9-5-12-6-10(14-9)15-3/h5-8H,4H2,1-3H3,(H,13,14). The molecule has 2 unspecified atom stereocenters. The van der Waals surface area contributed by atoms with Gasteiger partial charge in [-0.2, -0.15) is 4.98 Å². The summed E-state index contributed by atoms with van der Waals surface area (Å²) in [5, 5.41) is 3.26. The van der Waals surface area contributed by atoms with E-state index in [1.807, 2.05) is 0 Å². The van der Waals surface area contributed by atoms with E-state index in [1.165, 1.54) is 0 Å². The quantitative estimate of drug-likeness (QED) is 0.838. The molecule has 1 rings (SSSR count). The molecule has 2 atom stereocenters. The Morgan fingerprint density at radius 1 is 1.47 bits per heavy atom. The fourth-order valence-electron chi connectivity index (χ4n) is 1.31. The van der Waals surface area contributed by atoms with E-state index in [0.29, 0.717) is 16.7 Å². The van der Waals surface area contributed by atoms with Gasteiger partial charge in [0, 0.05) is 10.9 Å². The van der Waals surface area contributed by atoms with Crippen molar-refractivity contribution in [3.63, 3.8) is 0 Å². The summed E-state index contributed by atoms with van der Waals surface area (Å²) in [4.78, 5) is 8.74. The maximum Gasteiger partial charge on any atom is 0.233 e. The molecule has 1 heterocycles. The number of alkyl halides is 1. The molecule has 0 saturated heterocycles. The predicted molar refractivity (Wildman–Crippen MR) is 64.7 cm³/mol. The average Bonchev–Trinajstić information content (AvgIpc) is 2.16. The second kappa shape index (κ2) is 5.90. The number of anilines is 1. The molecule has 0 spiro atoms. The van der Waals surface area contributed by atoms with Gasteiger partial charge in [0.15, 0.2) is 0 Å². The minimum absolute atomic E-state index is 0.348. The third-order valence-electron chi connectivity index (χ3n) is 1.89. The SMILES string of the molecule is COc1cncc(NC(C)CC(C)Br)n1. The van der Waals surface area contributed by atoms with Crippen molar-refractivity contribution in [3.05, 3.63) is 12.4 Å². The van der Waals surface area contributed by atoms with Gasteiger partial charge in [-0.25, -0.2) is 0 Å². The lowest BCUT2D eigenvalue weighted by molar-refractivity contribution is 0.396. The van der Waals surface area contributed by atoms with Gasteiger partial charge in [0.2, 0.25) is 5.88 Å². The molecule has 0 amide bonds. The highest BCUT2D eigenvalue weighted by Crippen LogP contribution is 2.13. The first kappa shape index (κ1) is 12.2. The molecule has 0 aliphatic carbocycles. The van der Waals surface area contributed by atoms with Gasteiger partial charge in [0.05, 0.1) is 19.5 Å². The molecule has 0 aliphatic heterocycles. The molecular formula is C10H16BrN3O. The number of halogens is 1. The first-order valence-corrected chi connectivity index (χ1v) is 5.80. The molecule has 0 saturated carbocycles. The average molecular weight is 274 g/mol. The van der Waals surface area contributed by atoms with Crippen molar-refractivity contribution in [2.75, 3.05) is 12.4 Å². The fraction of sp³-hybridized carbons (Fsp3) is 0.600. The summed E-state index contributed by atoms with van der Waals surface area (Å²) in [6.45, 7) is 4.23. The van der Waals surface area contributed by atoms with Crippen LogP contribution in [-0.2, 0) is 0 Å². The second-order valence-corrected chi connectivity index (χ2v) is 5.07. The van der Waals surface area contributed by atoms with E-state index in [0.717, 1.165) is 12.2 Å². The lowest BCUT2D eigenvalue weighted by Crippen LogP contribution is -2.19. The number of ether oxygens (including phenoxy) is 1. The van der Waals surface area contributed by atoms with E-state index in [9.17, 15) is 0 Å². The Labute approximate surface area is 98.6 Å². The topological polar surface area (TPSA) is 47.0 Å². The number of nitrogens with one attached hydrogen (secondary N) is 1. The van der Waals surface area contributed by atoms with Gasteiger partial charge in [-0.15, -0.1) is 0 Å². The first-order valence-electron chi connectivity index (χ1n) is 4.88. The van der Waals surface area contributed by atoms with Gasteiger partial charge in [-0.1, -0.05) is 22.9 Å². The van der Waals surface area contributed by atoms with Crippen LogP contribution >= 0.6 is 15.9 Å². The van der Waals surface area contributed by atoms with E-state index in [1.54, 1.807) is 19.5 Å². The number of aromatic nitrogens is 2. The molecule has 5 heteroatoms. The first-order chi connectivity index (χ1) is 7.11. The zero-order chi connectivity index (χ0) is 11.3. The molecule has 84 valence electrons. The normalized spacial score (nSPS) is 14.4. The molecule has 0 bridgehead atoms. The summed E-state index contributed by atoms with van der Waals surface area (Å²) in [7, 11) is 1.58. The largest absolute Gasteiger partial charge is 0.480 e. The van der Waals surface area contributed by atoms with Gasteiger partial charge >= 0.3 is 0 Å². The van der Waals surface area contributed by atoms with Crippen LogP contribution < -0.4 is 10.1 Å². The van der Waals surface area contributed by atoms with E-state index >= 15 is 0 Å². The van der Waals surface area contributed by atoms with Crippen LogP contribution in [0.3, 0.4) is 0 Å². The molecule has 0 fully saturated rings. The molecule has 1 aromatic heterocycles. The van der Waals surface area contributed by atoms with Crippen molar-refractivity contribution in [2.24, 2.45) is 0 Å². The number of hydrogen-bond acceptors (Lipinski definition) is 4. The number of nitrogens with zero attached hydrogens (tertiary/aromatic N) is 2. The van der Waals surface area contributed by atoms with Crippen LogP contribution in [0.1, 0.15) is 20.3 Å². The van der Waals surface area contributed by atoms with Gasteiger partial charge in [0.1, 0.15) is 5.82 Å². The van der Waals surface area contributed by atoms with Crippen LogP contribution in [-0.4, -0.2) is 27.9 Å². The molecule has 0 radical (unpaired) electrons. The second-order valence-electron chi connectivity index (χ2n) is 3.51. The Balaban J connectivity index is 2.55. The third-order valence-corrected chi connectivity index (χ3v) is 2.27. The Bertz CT molecular complexity index is 306. The highest BCUT2D eigenvalue weighted by Gasteiger charge is 2.07. The number of hydrogen-bond donors (Lipinski definition) is 1. The molecule has 1 aromatic rings. The smallest absolute Gasteiger partial charge is 0.233 e. The summed E-state index contributed by atoms with van der Waals surface area (Å²) in [5.74, 6) is 1.27. The molecular weight excluding hydrogens is 258 g/mol. The van der Waals surface area contributed by atoms with E-state index in [2.05, 4.69) is 45.1 Å². The van der Waals surface area contributed by atoms with Gasteiger partial charge in [-0.3, -0.25) is 4.98 Å². The fourth-order valence-corrected chi connectivity index (χ4v) is 1.88. The Hall–Kier alpha value is -0.840. The van der Waals surface area contributed by atoms with Crippen molar-refractivity contribution in [1.82, 2.24) is 9.97 Å². The highest BCUT2D eigenvalue weighted by atomic mass is 79.9. The zero-order valence-corrected chi connectivity index (χ0v) is 10.8. The highest BCUT2D eigenvalue weighted by molar-refractivity contribution is 9.09. The number of methoxy groups -OCH3 is 1. The molecule has 1 N–H and O–H groups in total. The number of rotatable bonds is 5. The summed E-state index contributed by atoms with van der Waals surface area (Å²) in [5.41, 5.74) is 0. The molecule has 0 aliphatic rings. The summed E-state index contributed by atoms with van der Waals surface area (Å²) in [6, 6.07) is 0.348. The van der Waals surface area contributed by atoms with Crippen LogP contribution in [0.4, 0.5) is 5.82 Å². The summed E-state index contributed by atoms with van der Waals surface area (Å²) < 4.78 is 4.99. The Morgan fingerprint density at radius 3 is 2.80 bits per heavy atom. The van der Waals surface area contributed by atoms with Crippen molar-refractivity contribution in [1.29, 1.82) is 0 Å². The third kappa shape index (κ3) is 4.46. The molecule has 15 heavy (non-hydrogen) atoms. The Kier molecular flexibility index (Phi) is 4.81. The van der Waals surface area contributed by atoms with Crippen molar-refractivity contribution < 1.29 is 4.74 Å². The minimum Gasteiger partial charge on any atom is -0.480 e.